The molecule has 0 spiro atoms. The summed E-state index contributed by atoms with van der Waals surface area (Å²) in [5, 5.41) is 7.13. The normalized spacial score (nSPS) is 21.2. The van der Waals surface area contributed by atoms with Crippen LogP contribution in [0.2, 0.25) is 0 Å². The van der Waals surface area contributed by atoms with Crippen LogP contribution < -0.4 is 10.6 Å². The third-order valence-corrected chi connectivity index (χ3v) is 5.68. The number of amides is 1. The highest BCUT2D eigenvalue weighted by atomic mass is 32.1. The number of ether oxygens (including phenoxy) is 1. The Labute approximate surface area is 129 Å². The molecule has 5 nitrogen and oxygen atoms in total. The van der Waals surface area contributed by atoms with Crippen molar-refractivity contribution >= 4 is 22.4 Å². The number of carbonyl (C=O) groups is 1. The molecule has 21 heavy (non-hydrogen) atoms. The van der Waals surface area contributed by atoms with Crippen LogP contribution in [0.1, 0.15) is 42.9 Å². The number of aromatic nitrogens is 1. The number of hydrogen-bond donors (Lipinski definition) is 2. The standard InChI is InChI=1S/C15H23N3O2S/c1-20-9-6-15(4-5-15)13(19)18-14-17-10-12(21-14)11-2-7-16-8-3-11/h10-11,16H,2-9H2,1H3,(H,17,18,19). The van der Waals surface area contributed by atoms with Gasteiger partial charge >= 0.3 is 0 Å². The third-order valence-electron chi connectivity index (χ3n) is 4.61. The van der Waals surface area contributed by atoms with E-state index in [4.69, 9.17) is 4.74 Å². The van der Waals surface area contributed by atoms with Crippen molar-refractivity contribution in [2.75, 3.05) is 32.1 Å². The maximum absolute atomic E-state index is 12.4. The van der Waals surface area contributed by atoms with Gasteiger partial charge in [0.05, 0.1) is 5.41 Å². The Hall–Kier alpha value is -0.980. The van der Waals surface area contributed by atoms with E-state index in [1.54, 1.807) is 18.4 Å². The van der Waals surface area contributed by atoms with Gasteiger partial charge in [0.15, 0.2) is 5.13 Å². The molecule has 6 heteroatoms. The average molecular weight is 309 g/mol. The van der Waals surface area contributed by atoms with Crippen molar-refractivity contribution in [1.29, 1.82) is 0 Å². The first kappa shape index (κ1) is 14.9. The molecule has 0 radical (unpaired) electrons. The van der Waals surface area contributed by atoms with Crippen molar-refractivity contribution in [1.82, 2.24) is 10.3 Å². The smallest absolute Gasteiger partial charge is 0.232 e. The second-order valence-electron chi connectivity index (χ2n) is 6.07. The summed E-state index contributed by atoms with van der Waals surface area (Å²) in [4.78, 5) is 18.1. The van der Waals surface area contributed by atoms with Gasteiger partial charge in [0, 0.05) is 24.8 Å². The van der Waals surface area contributed by atoms with E-state index in [0.29, 0.717) is 12.5 Å². The van der Waals surface area contributed by atoms with Crippen LogP contribution in [-0.4, -0.2) is 37.7 Å². The number of nitrogens with one attached hydrogen (secondary N) is 2. The molecule has 1 aliphatic carbocycles. The highest BCUT2D eigenvalue weighted by Gasteiger charge is 2.49. The van der Waals surface area contributed by atoms with Gasteiger partial charge in [-0.25, -0.2) is 4.98 Å². The van der Waals surface area contributed by atoms with Gasteiger partial charge in [-0.15, -0.1) is 11.3 Å². The van der Waals surface area contributed by atoms with Crippen LogP contribution in [0.5, 0.6) is 0 Å². The highest BCUT2D eigenvalue weighted by Crippen LogP contribution is 2.49. The van der Waals surface area contributed by atoms with Gasteiger partial charge in [0.25, 0.3) is 0 Å². The Morgan fingerprint density at radius 3 is 2.95 bits per heavy atom. The molecule has 0 atom stereocenters. The molecule has 1 aliphatic heterocycles. The maximum Gasteiger partial charge on any atom is 0.232 e. The fourth-order valence-electron chi connectivity index (χ4n) is 2.91. The number of piperidine rings is 1. The van der Waals surface area contributed by atoms with E-state index >= 15 is 0 Å². The van der Waals surface area contributed by atoms with Gasteiger partial charge < -0.3 is 15.4 Å². The third kappa shape index (κ3) is 3.44. The average Bonchev–Trinajstić information content (AvgIpc) is 3.18. The maximum atomic E-state index is 12.4. The summed E-state index contributed by atoms with van der Waals surface area (Å²) in [6, 6.07) is 0. The minimum atomic E-state index is -0.198. The number of methoxy groups -OCH3 is 1. The molecule has 1 saturated carbocycles. The molecule has 0 unspecified atom stereocenters. The molecule has 2 N–H and O–H groups in total. The van der Waals surface area contributed by atoms with Gasteiger partial charge in [-0.3, -0.25) is 4.79 Å². The Balaban J connectivity index is 1.58. The van der Waals surface area contributed by atoms with E-state index in [1.165, 1.54) is 4.88 Å². The number of hydrogen-bond acceptors (Lipinski definition) is 5. The fourth-order valence-corrected chi connectivity index (χ4v) is 3.89. The Morgan fingerprint density at radius 2 is 2.29 bits per heavy atom. The monoisotopic (exact) mass is 309 g/mol. The zero-order valence-corrected chi connectivity index (χ0v) is 13.3. The Morgan fingerprint density at radius 1 is 1.52 bits per heavy atom. The van der Waals surface area contributed by atoms with Gasteiger partial charge in [-0.05, 0) is 51.1 Å². The second-order valence-corrected chi connectivity index (χ2v) is 7.13. The molecule has 1 aromatic rings. The molecule has 116 valence electrons. The summed E-state index contributed by atoms with van der Waals surface area (Å²) in [6.07, 6.45) is 7.00. The van der Waals surface area contributed by atoms with Crippen molar-refractivity contribution < 1.29 is 9.53 Å². The van der Waals surface area contributed by atoms with Crippen LogP contribution in [-0.2, 0) is 9.53 Å². The summed E-state index contributed by atoms with van der Waals surface area (Å²) in [7, 11) is 1.68. The van der Waals surface area contributed by atoms with Crippen molar-refractivity contribution in [3.05, 3.63) is 11.1 Å². The lowest BCUT2D eigenvalue weighted by Gasteiger charge is -2.20. The number of rotatable bonds is 6. The molecule has 2 heterocycles. The lowest BCUT2D eigenvalue weighted by atomic mass is 9.97. The predicted molar refractivity (Wildman–Crippen MR) is 83.7 cm³/mol. The van der Waals surface area contributed by atoms with E-state index in [1.807, 2.05) is 6.20 Å². The number of anilines is 1. The molecule has 2 fully saturated rings. The van der Waals surface area contributed by atoms with E-state index in [2.05, 4.69) is 15.6 Å². The molecule has 0 aromatic carbocycles. The van der Waals surface area contributed by atoms with Crippen LogP contribution in [0.4, 0.5) is 5.13 Å². The summed E-state index contributed by atoms with van der Waals surface area (Å²) in [5.41, 5.74) is -0.198. The fraction of sp³-hybridized carbons (Fsp3) is 0.733. The van der Waals surface area contributed by atoms with Crippen molar-refractivity contribution in [2.45, 2.75) is 38.0 Å². The summed E-state index contributed by atoms with van der Waals surface area (Å²) in [5.74, 6) is 0.712. The van der Waals surface area contributed by atoms with Gasteiger partial charge in [0.1, 0.15) is 0 Å². The molecular formula is C15H23N3O2S. The minimum absolute atomic E-state index is 0.116. The van der Waals surface area contributed by atoms with Gasteiger partial charge in [-0.1, -0.05) is 0 Å². The number of nitrogens with zero attached hydrogens (tertiary/aromatic N) is 1. The number of carbonyl (C=O) groups excluding carboxylic acids is 1. The quantitative estimate of drug-likeness (QED) is 0.847. The van der Waals surface area contributed by atoms with E-state index in [9.17, 15) is 4.79 Å². The van der Waals surface area contributed by atoms with Crippen molar-refractivity contribution in [2.24, 2.45) is 5.41 Å². The topological polar surface area (TPSA) is 63.2 Å². The van der Waals surface area contributed by atoms with E-state index < -0.39 is 0 Å². The van der Waals surface area contributed by atoms with E-state index in [0.717, 1.165) is 50.3 Å². The van der Waals surface area contributed by atoms with Crippen LogP contribution in [0.25, 0.3) is 0 Å². The van der Waals surface area contributed by atoms with Crippen LogP contribution in [0.15, 0.2) is 6.20 Å². The lowest BCUT2D eigenvalue weighted by molar-refractivity contribution is -0.121. The molecule has 1 amide bonds. The SMILES string of the molecule is COCCC1(C(=O)Nc2ncc(C3CCNCC3)s2)CC1. The molecule has 3 rings (SSSR count). The zero-order chi connectivity index (χ0) is 14.7. The van der Waals surface area contributed by atoms with E-state index in [-0.39, 0.29) is 11.3 Å². The zero-order valence-electron chi connectivity index (χ0n) is 12.5. The highest BCUT2D eigenvalue weighted by molar-refractivity contribution is 7.15. The number of thiazole rings is 1. The Kier molecular flexibility index (Phi) is 4.57. The summed E-state index contributed by atoms with van der Waals surface area (Å²) < 4.78 is 5.10. The second kappa shape index (κ2) is 6.42. The van der Waals surface area contributed by atoms with Crippen LogP contribution >= 0.6 is 11.3 Å². The molecular weight excluding hydrogens is 286 g/mol. The molecule has 0 bridgehead atoms. The summed E-state index contributed by atoms with van der Waals surface area (Å²) >= 11 is 1.63. The molecule has 1 saturated heterocycles. The first-order valence-corrected chi connectivity index (χ1v) is 8.52. The Bertz CT molecular complexity index is 493. The first-order valence-electron chi connectivity index (χ1n) is 7.70. The lowest BCUT2D eigenvalue weighted by Crippen LogP contribution is -2.26. The van der Waals surface area contributed by atoms with Crippen LogP contribution in [0.3, 0.4) is 0 Å². The van der Waals surface area contributed by atoms with Crippen molar-refractivity contribution in [3.8, 4) is 0 Å². The first-order chi connectivity index (χ1) is 10.2. The van der Waals surface area contributed by atoms with Gasteiger partial charge in [-0.2, -0.15) is 0 Å². The predicted octanol–water partition coefficient (Wildman–Crippen LogP) is 2.37. The van der Waals surface area contributed by atoms with Crippen molar-refractivity contribution in [3.63, 3.8) is 0 Å². The van der Waals surface area contributed by atoms with Crippen LogP contribution in [0, 0.1) is 5.41 Å². The molecule has 1 aromatic heterocycles. The summed E-state index contributed by atoms with van der Waals surface area (Å²) in [6.45, 7) is 2.79. The molecule has 2 aliphatic rings. The minimum Gasteiger partial charge on any atom is -0.385 e. The largest absolute Gasteiger partial charge is 0.385 e. The van der Waals surface area contributed by atoms with Gasteiger partial charge in [0.2, 0.25) is 5.91 Å².